The molecular weight excluding hydrogens is 246 g/mol. The van der Waals surface area contributed by atoms with E-state index in [9.17, 15) is 0 Å². The zero-order chi connectivity index (χ0) is 14.5. The Hall–Kier alpha value is -1.06. The predicted octanol–water partition coefficient (Wildman–Crippen LogP) is 2.42. The van der Waals surface area contributed by atoms with Gasteiger partial charge in [0.25, 0.3) is 0 Å². The molecule has 0 saturated carbocycles. The SMILES string of the molecule is CCN(CC)C1CCN(c2ccc(CCN)c(C)c2)C1. The summed E-state index contributed by atoms with van der Waals surface area (Å²) in [6.07, 6.45) is 2.26. The topological polar surface area (TPSA) is 32.5 Å². The number of rotatable bonds is 6. The second-order valence-corrected chi connectivity index (χ2v) is 5.76. The molecule has 3 nitrogen and oxygen atoms in total. The van der Waals surface area contributed by atoms with Crippen LogP contribution >= 0.6 is 0 Å². The Balaban J connectivity index is 2.04. The monoisotopic (exact) mass is 275 g/mol. The molecule has 1 aliphatic heterocycles. The molecule has 1 aromatic carbocycles. The Bertz CT molecular complexity index is 426. The third-order valence-corrected chi connectivity index (χ3v) is 4.60. The molecule has 0 bridgehead atoms. The Morgan fingerprint density at radius 1 is 1.30 bits per heavy atom. The van der Waals surface area contributed by atoms with E-state index in [1.807, 2.05) is 0 Å². The molecule has 1 aliphatic rings. The summed E-state index contributed by atoms with van der Waals surface area (Å²) in [5, 5.41) is 0. The third-order valence-electron chi connectivity index (χ3n) is 4.60. The fourth-order valence-corrected chi connectivity index (χ4v) is 3.33. The molecule has 2 N–H and O–H groups in total. The lowest BCUT2D eigenvalue weighted by Gasteiger charge is -2.27. The Morgan fingerprint density at radius 3 is 2.65 bits per heavy atom. The van der Waals surface area contributed by atoms with Crippen molar-refractivity contribution >= 4 is 5.69 Å². The minimum Gasteiger partial charge on any atom is -0.370 e. The molecule has 20 heavy (non-hydrogen) atoms. The van der Waals surface area contributed by atoms with Gasteiger partial charge < -0.3 is 10.6 Å². The summed E-state index contributed by atoms with van der Waals surface area (Å²) in [4.78, 5) is 5.11. The van der Waals surface area contributed by atoms with Gasteiger partial charge in [-0.2, -0.15) is 0 Å². The molecule has 1 fully saturated rings. The maximum atomic E-state index is 5.66. The first kappa shape index (κ1) is 15.3. The molecule has 112 valence electrons. The van der Waals surface area contributed by atoms with E-state index in [2.05, 4.69) is 48.8 Å². The molecule has 0 aromatic heterocycles. The third kappa shape index (κ3) is 3.33. The second kappa shape index (κ2) is 7.09. The molecule has 0 spiro atoms. The Labute approximate surface area is 123 Å². The molecule has 1 saturated heterocycles. The molecular formula is C17H29N3. The lowest BCUT2D eigenvalue weighted by molar-refractivity contribution is 0.232. The summed E-state index contributed by atoms with van der Waals surface area (Å²) < 4.78 is 0. The summed E-state index contributed by atoms with van der Waals surface area (Å²) in [5.41, 5.74) is 9.79. The number of hydrogen-bond acceptors (Lipinski definition) is 3. The van der Waals surface area contributed by atoms with E-state index in [0.29, 0.717) is 6.04 Å². The zero-order valence-electron chi connectivity index (χ0n) is 13.2. The van der Waals surface area contributed by atoms with Crippen LogP contribution < -0.4 is 10.6 Å². The highest BCUT2D eigenvalue weighted by Crippen LogP contribution is 2.25. The lowest BCUT2D eigenvalue weighted by atomic mass is 10.0. The minimum absolute atomic E-state index is 0.717. The van der Waals surface area contributed by atoms with Gasteiger partial charge in [-0.3, -0.25) is 4.90 Å². The van der Waals surface area contributed by atoms with Crippen molar-refractivity contribution in [3.8, 4) is 0 Å². The van der Waals surface area contributed by atoms with Crippen molar-refractivity contribution in [3.05, 3.63) is 29.3 Å². The second-order valence-electron chi connectivity index (χ2n) is 5.76. The van der Waals surface area contributed by atoms with Crippen molar-refractivity contribution in [2.75, 3.05) is 37.6 Å². The smallest absolute Gasteiger partial charge is 0.0369 e. The van der Waals surface area contributed by atoms with Crippen molar-refractivity contribution in [1.29, 1.82) is 0 Å². The lowest BCUT2D eigenvalue weighted by Crippen LogP contribution is -2.37. The summed E-state index contributed by atoms with van der Waals surface area (Å²) in [6, 6.07) is 7.56. The highest BCUT2D eigenvalue weighted by Gasteiger charge is 2.26. The van der Waals surface area contributed by atoms with Gasteiger partial charge in [0.05, 0.1) is 0 Å². The molecule has 1 heterocycles. The van der Waals surface area contributed by atoms with Gasteiger partial charge >= 0.3 is 0 Å². The van der Waals surface area contributed by atoms with Gasteiger partial charge in [0, 0.05) is 24.8 Å². The minimum atomic E-state index is 0.717. The zero-order valence-corrected chi connectivity index (χ0v) is 13.2. The van der Waals surface area contributed by atoms with Crippen molar-refractivity contribution in [2.45, 2.75) is 39.7 Å². The van der Waals surface area contributed by atoms with Gasteiger partial charge in [-0.25, -0.2) is 0 Å². The van der Waals surface area contributed by atoms with Gasteiger partial charge in [-0.1, -0.05) is 19.9 Å². The fraction of sp³-hybridized carbons (Fsp3) is 0.647. The van der Waals surface area contributed by atoms with Crippen LogP contribution in [0.5, 0.6) is 0 Å². The van der Waals surface area contributed by atoms with E-state index in [1.54, 1.807) is 0 Å². The van der Waals surface area contributed by atoms with Gasteiger partial charge in [-0.15, -0.1) is 0 Å². The Kier molecular flexibility index (Phi) is 5.44. The molecule has 1 aromatic rings. The van der Waals surface area contributed by atoms with Crippen LogP contribution in [0.15, 0.2) is 18.2 Å². The summed E-state index contributed by atoms with van der Waals surface area (Å²) in [7, 11) is 0. The van der Waals surface area contributed by atoms with Crippen LogP contribution in [-0.4, -0.2) is 43.7 Å². The number of anilines is 1. The number of benzene rings is 1. The number of hydrogen-bond donors (Lipinski definition) is 1. The molecule has 3 heteroatoms. The average Bonchev–Trinajstić information content (AvgIpc) is 2.92. The van der Waals surface area contributed by atoms with E-state index in [1.165, 1.54) is 29.8 Å². The predicted molar refractivity (Wildman–Crippen MR) is 87.5 cm³/mol. The first-order chi connectivity index (χ1) is 9.69. The first-order valence-corrected chi connectivity index (χ1v) is 7.98. The molecule has 2 rings (SSSR count). The quantitative estimate of drug-likeness (QED) is 0.865. The summed E-state index contributed by atoms with van der Waals surface area (Å²) >= 11 is 0. The van der Waals surface area contributed by atoms with Crippen molar-refractivity contribution in [1.82, 2.24) is 4.90 Å². The maximum Gasteiger partial charge on any atom is 0.0369 e. The summed E-state index contributed by atoms with van der Waals surface area (Å²) in [5.74, 6) is 0. The van der Waals surface area contributed by atoms with Crippen LogP contribution in [-0.2, 0) is 6.42 Å². The average molecular weight is 275 g/mol. The van der Waals surface area contributed by atoms with Crippen molar-refractivity contribution in [3.63, 3.8) is 0 Å². The van der Waals surface area contributed by atoms with Gasteiger partial charge in [0.1, 0.15) is 0 Å². The standard InChI is InChI=1S/C17H29N3/c1-4-19(5-2)17-9-11-20(13-17)16-7-6-15(8-10-18)14(3)12-16/h6-7,12,17H,4-5,8-11,13,18H2,1-3H3. The normalized spacial score (nSPS) is 19.1. The van der Waals surface area contributed by atoms with Crippen LogP contribution in [0.2, 0.25) is 0 Å². The molecule has 0 amide bonds. The highest BCUT2D eigenvalue weighted by molar-refractivity contribution is 5.52. The van der Waals surface area contributed by atoms with Crippen LogP contribution in [0.25, 0.3) is 0 Å². The van der Waals surface area contributed by atoms with E-state index < -0.39 is 0 Å². The largest absolute Gasteiger partial charge is 0.370 e. The highest BCUT2D eigenvalue weighted by atomic mass is 15.2. The van der Waals surface area contributed by atoms with Crippen molar-refractivity contribution < 1.29 is 0 Å². The van der Waals surface area contributed by atoms with Gasteiger partial charge in [0.2, 0.25) is 0 Å². The van der Waals surface area contributed by atoms with Crippen molar-refractivity contribution in [2.24, 2.45) is 5.73 Å². The van der Waals surface area contributed by atoms with Gasteiger partial charge in [-0.05, 0) is 62.7 Å². The first-order valence-electron chi connectivity index (χ1n) is 7.98. The van der Waals surface area contributed by atoms with E-state index in [-0.39, 0.29) is 0 Å². The molecule has 1 unspecified atom stereocenters. The van der Waals surface area contributed by atoms with Gasteiger partial charge in [0.15, 0.2) is 0 Å². The number of nitrogens with zero attached hydrogens (tertiary/aromatic N) is 2. The number of nitrogens with two attached hydrogens (primary N) is 1. The molecule has 0 aliphatic carbocycles. The van der Waals surface area contributed by atoms with Crippen LogP contribution in [0.4, 0.5) is 5.69 Å². The van der Waals surface area contributed by atoms with Crippen LogP contribution in [0.1, 0.15) is 31.4 Å². The molecule has 1 atom stereocenters. The molecule has 0 radical (unpaired) electrons. The number of aryl methyl sites for hydroxylation is 1. The summed E-state index contributed by atoms with van der Waals surface area (Å²) in [6.45, 7) is 12.1. The Morgan fingerprint density at radius 2 is 2.05 bits per heavy atom. The van der Waals surface area contributed by atoms with Crippen LogP contribution in [0, 0.1) is 6.92 Å². The fourth-order valence-electron chi connectivity index (χ4n) is 3.33. The van der Waals surface area contributed by atoms with E-state index in [4.69, 9.17) is 5.73 Å². The van der Waals surface area contributed by atoms with E-state index >= 15 is 0 Å². The van der Waals surface area contributed by atoms with Crippen LogP contribution in [0.3, 0.4) is 0 Å². The maximum absolute atomic E-state index is 5.66. The number of likely N-dealkylation sites (N-methyl/N-ethyl adjacent to an activating group) is 1. The van der Waals surface area contributed by atoms with E-state index in [0.717, 1.165) is 32.6 Å².